The van der Waals surface area contributed by atoms with Crippen molar-refractivity contribution in [3.05, 3.63) is 35.6 Å². The number of halogens is 5. The predicted molar refractivity (Wildman–Crippen MR) is 61.2 cm³/mol. The molecule has 0 saturated carbocycles. The van der Waals surface area contributed by atoms with Gasteiger partial charge in [-0.25, -0.2) is 13.8 Å². The van der Waals surface area contributed by atoms with Gasteiger partial charge in [-0.05, 0) is 6.07 Å². The minimum Gasteiger partial charge on any atom is -0.452 e. The summed E-state index contributed by atoms with van der Waals surface area (Å²) in [4.78, 5) is 3.58. The Bertz CT molecular complexity index is 531. The lowest BCUT2D eigenvalue weighted by molar-refractivity contribution is -0.209. The largest absolute Gasteiger partial charge is 0.452 e. The van der Waals surface area contributed by atoms with Gasteiger partial charge >= 0.3 is 6.18 Å². The average molecular weight is 294 g/mol. The highest BCUT2D eigenvalue weighted by molar-refractivity contribution is 5.73. The highest BCUT2D eigenvalue weighted by Crippen LogP contribution is 2.41. The maximum atomic E-state index is 13.8. The number of alkyl halides is 4. The van der Waals surface area contributed by atoms with E-state index in [1.807, 2.05) is 0 Å². The SMILES string of the molecule is NC1=N[C@](CF)(c2ccccc2F)C[C@@H](C(F)(F)F)O1. The van der Waals surface area contributed by atoms with E-state index >= 15 is 0 Å². The maximum Gasteiger partial charge on any atom is 0.425 e. The Kier molecular flexibility index (Phi) is 3.58. The van der Waals surface area contributed by atoms with Crippen molar-refractivity contribution in [3.8, 4) is 0 Å². The predicted octanol–water partition coefficient (Wildman–Crippen LogP) is 2.66. The molecule has 0 unspecified atom stereocenters. The first-order valence-electron chi connectivity index (χ1n) is 5.68. The van der Waals surface area contributed by atoms with Crippen molar-refractivity contribution < 1.29 is 26.7 Å². The number of aliphatic imine (C=N–C) groups is 1. The van der Waals surface area contributed by atoms with E-state index in [1.54, 1.807) is 0 Å². The first-order valence-corrected chi connectivity index (χ1v) is 5.68. The number of benzene rings is 1. The summed E-state index contributed by atoms with van der Waals surface area (Å²) in [5, 5.41) is 0. The Labute approximate surface area is 111 Å². The normalized spacial score (nSPS) is 26.9. The number of ether oxygens (including phenoxy) is 1. The van der Waals surface area contributed by atoms with Crippen molar-refractivity contribution in [3.63, 3.8) is 0 Å². The smallest absolute Gasteiger partial charge is 0.425 e. The third kappa shape index (κ3) is 2.54. The number of hydrogen-bond donors (Lipinski definition) is 1. The molecule has 1 aliphatic heterocycles. The summed E-state index contributed by atoms with van der Waals surface area (Å²) in [6.07, 6.45) is -7.93. The average Bonchev–Trinajstić information content (AvgIpc) is 2.37. The Balaban J connectivity index is 2.50. The van der Waals surface area contributed by atoms with Crippen LogP contribution in [0.15, 0.2) is 29.3 Å². The van der Waals surface area contributed by atoms with E-state index in [9.17, 15) is 22.0 Å². The van der Waals surface area contributed by atoms with Crippen LogP contribution in [0.5, 0.6) is 0 Å². The van der Waals surface area contributed by atoms with Crippen molar-refractivity contribution in [1.29, 1.82) is 0 Å². The van der Waals surface area contributed by atoms with Gasteiger partial charge in [-0.2, -0.15) is 13.2 Å². The van der Waals surface area contributed by atoms with Crippen LogP contribution in [-0.2, 0) is 10.3 Å². The van der Waals surface area contributed by atoms with E-state index in [1.165, 1.54) is 18.2 Å². The van der Waals surface area contributed by atoms with E-state index in [-0.39, 0.29) is 5.56 Å². The minimum atomic E-state index is -4.74. The fourth-order valence-electron chi connectivity index (χ4n) is 2.12. The fraction of sp³-hybridized carbons (Fsp3) is 0.417. The first kappa shape index (κ1) is 14.5. The number of rotatable bonds is 2. The molecule has 0 radical (unpaired) electrons. The molecule has 20 heavy (non-hydrogen) atoms. The zero-order valence-electron chi connectivity index (χ0n) is 10.1. The molecule has 0 spiro atoms. The molecule has 0 fully saturated rings. The van der Waals surface area contributed by atoms with Gasteiger partial charge < -0.3 is 10.5 Å². The molecular weight excluding hydrogens is 283 g/mol. The van der Waals surface area contributed by atoms with Gasteiger partial charge in [-0.1, -0.05) is 18.2 Å². The lowest BCUT2D eigenvalue weighted by Gasteiger charge is -2.36. The lowest BCUT2D eigenvalue weighted by atomic mass is 9.85. The number of nitrogens with zero attached hydrogens (tertiary/aromatic N) is 1. The molecule has 0 amide bonds. The van der Waals surface area contributed by atoms with Gasteiger partial charge in [-0.3, -0.25) is 0 Å². The Morgan fingerprint density at radius 2 is 2.00 bits per heavy atom. The van der Waals surface area contributed by atoms with E-state index in [0.717, 1.165) is 6.07 Å². The quantitative estimate of drug-likeness (QED) is 0.852. The van der Waals surface area contributed by atoms with E-state index in [4.69, 9.17) is 5.73 Å². The topological polar surface area (TPSA) is 47.6 Å². The molecule has 8 heteroatoms. The van der Waals surface area contributed by atoms with Gasteiger partial charge in [0.15, 0.2) is 6.10 Å². The van der Waals surface area contributed by atoms with Crippen LogP contribution >= 0.6 is 0 Å². The molecule has 0 bridgehead atoms. The number of hydrogen-bond acceptors (Lipinski definition) is 3. The summed E-state index contributed by atoms with van der Waals surface area (Å²) in [5.41, 5.74) is 2.90. The summed E-state index contributed by atoms with van der Waals surface area (Å²) >= 11 is 0. The second-order valence-corrected chi connectivity index (χ2v) is 4.45. The second kappa shape index (κ2) is 4.92. The van der Waals surface area contributed by atoms with E-state index in [0.29, 0.717) is 0 Å². The van der Waals surface area contributed by atoms with Gasteiger partial charge in [0.1, 0.15) is 18.0 Å². The molecule has 0 saturated heterocycles. The molecule has 1 aromatic carbocycles. The molecule has 0 aromatic heterocycles. The van der Waals surface area contributed by atoms with Gasteiger partial charge in [0.25, 0.3) is 6.02 Å². The summed E-state index contributed by atoms with van der Waals surface area (Å²) in [7, 11) is 0. The van der Waals surface area contributed by atoms with Crippen LogP contribution in [-0.4, -0.2) is 25.0 Å². The highest BCUT2D eigenvalue weighted by Gasteiger charge is 2.51. The molecule has 2 atom stereocenters. The van der Waals surface area contributed by atoms with Crippen LogP contribution in [0.3, 0.4) is 0 Å². The van der Waals surface area contributed by atoms with Gasteiger partial charge in [0.05, 0.1) is 0 Å². The molecule has 0 aliphatic carbocycles. The third-order valence-electron chi connectivity index (χ3n) is 3.07. The van der Waals surface area contributed by atoms with Crippen LogP contribution in [0.25, 0.3) is 0 Å². The van der Waals surface area contributed by atoms with Gasteiger partial charge in [0, 0.05) is 12.0 Å². The number of nitrogens with two attached hydrogens (primary N) is 1. The highest BCUT2D eigenvalue weighted by atomic mass is 19.4. The molecular formula is C12H11F5N2O. The van der Waals surface area contributed by atoms with Crippen LogP contribution in [0.1, 0.15) is 12.0 Å². The van der Waals surface area contributed by atoms with Crippen LogP contribution in [0.4, 0.5) is 22.0 Å². The minimum absolute atomic E-state index is 0.275. The van der Waals surface area contributed by atoms with Crippen molar-refractivity contribution in [2.75, 3.05) is 6.67 Å². The van der Waals surface area contributed by atoms with E-state index in [2.05, 4.69) is 9.73 Å². The summed E-state index contributed by atoms with van der Waals surface area (Å²) < 4.78 is 69.8. The number of amidine groups is 1. The van der Waals surface area contributed by atoms with Crippen LogP contribution in [0.2, 0.25) is 0 Å². The standard InChI is InChI=1S/C12H11F5N2O/c13-6-11(7-3-1-2-4-8(7)14)5-9(12(15,16)17)20-10(18)19-11/h1-4,9H,5-6H2,(H2,18,19)/t9-,11+/m0/s1. The molecule has 1 aliphatic rings. The fourth-order valence-corrected chi connectivity index (χ4v) is 2.12. The first-order chi connectivity index (χ1) is 9.28. The van der Waals surface area contributed by atoms with E-state index < -0.39 is 42.8 Å². The zero-order valence-corrected chi connectivity index (χ0v) is 10.1. The maximum absolute atomic E-state index is 13.8. The van der Waals surface area contributed by atoms with Crippen LogP contribution in [0, 0.1) is 5.82 Å². The van der Waals surface area contributed by atoms with Crippen molar-refractivity contribution in [1.82, 2.24) is 0 Å². The van der Waals surface area contributed by atoms with Gasteiger partial charge in [0.2, 0.25) is 0 Å². The Hall–Kier alpha value is -1.86. The second-order valence-electron chi connectivity index (χ2n) is 4.45. The molecule has 2 rings (SSSR count). The molecule has 110 valence electrons. The zero-order chi connectivity index (χ0) is 15.0. The van der Waals surface area contributed by atoms with Crippen molar-refractivity contribution in [2.45, 2.75) is 24.2 Å². The third-order valence-corrected chi connectivity index (χ3v) is 3.07. The monoisotopic (exact) mass is 294 g/mol. The summed E-state index contributed by atoms with van der Waals surface area (Å²) in [6.45, 7) is -1.31. The summed E-state index contributed by atoms with van der Waals surface area (Å²) in [5.74, 6) is -0.843. The Morgan fingerprint density at radius 3 is 2.55 bits per heavy atom. The molecule has 2 N–H and O–H groups in total. The molecule has 1 aromatic rings. The van der Waals surface area contributed by atoms with Crippen molar-refractivity contribution >= 4 is 6.02 Å². The molecule has 1 heterocycles. The lowest BCUT2D eigenvalue weighted by Crippen LogP contribution is -2.48. The van der Waals surface area contributed by atoms with Crippen molar-refractivity contribution in [2.24, 2.45) is 10.7 Å². The Morgan fingerprint density at radius 1 is 1.35 bits per heavy atom. The van der Waals surface area contributed by atoms with Crippen LogP contribution < -0.4 is 5.73 Å². The molecule has 3 nitrogen and oxygen atoms in total. The van der Waals surface area contributed by atoms with Gasteiger partial charge in [-0.15, -0.1) is 0 Å². The summed E-state index contributed by atoms with van der Waals surface area (Å²) in [6, 6.07) is 4.14.